The van der Waals surface area contributed by atoms with Crippen molar-refractivity contribution in [2.45, 2.75) is 0 Å². The number of nitrogens with zero attached hydrogens (tertiary/aromatic N) is 1. The van der Waals surface area contributed by atoms with Crippen molar-refractivity contribution < 1.29 is 13.5 Å². The summed E-state index contributed by atoms with van der Waals surface area (Å²) in [6.45, 7) is 0. The normalized spacial score (nSPS) is 11.1. The third-order valence-corrected chi connectivity index (χ3v) is 2.35. The highest BCUT2D eigenvalue weighted by Crippen LogP contribution is 2.28. The summed E-state index contributed by atoms with van der Waals surface area (Å²) < 4.78 is 24.5. The first-order valence-electron chi connectivity index (χ1n) is 4.28. The second-order valence-electron chi connectivity index (χ2n) is 3.47. The molecule has 0 spiro atoms. The van der Waals surface area contributed by atoms with Crippen LogP contribution in [-0.2, 0) is 10.0 Å². The average molecular weight is 230 g/mol. The predicted molar refractivity (Wildman–Crippen MR) is 60.9 cm³/mol. The molecule has 15 heavy (non-hydrogen) atoms. The molecule has 0 aliphatic heterocycles. The molecular formula is C9H14N2O3S. The minimum atomic E-state index is -3.30. The van der Waals surface area contributed by atoms with Crippen molar-refractivity contribution in [3.05, 3.63) is 18.2 Å². The molecule has 6 heteroatoms. The van der Waals surface area contributed by atoms with E-state index in [2.05, 4.69) is 4.72 Å². The van der Waals surface area contributed by atoms with Crippen molar-refractivity contribution in [2.24, 2.45) is 0 Å². The van der Waals surface area contributed by atoms with Crippen LogP contribution in [0.3, 0.4) is 0 Å². The third kappa shape index (κ3) is 3.32. The molecule has 1 aromatic rings. The van der Waals surface area contributed by atoms with Crippen molar-refractivity contribution in [2.75, 3.05) is 30.0 Å². The molecular weight excluding hydrogens is 216 g/mol. The van der Waals surface area contributed by atoms with Gasteiger partial charge in [0.1, 0.15) is 5.75 Å². The molecule has 0 aliphatic carbocycles. The molecule has 0 saturated heterocycles. The van der Waals surface area contributed by atoms with E-state index in [4.69, 9.17) is 0 Å². The van der Waals surface area contributed by atoms with Crippen LogP contribution in [0.1, 0.15) is 0 Å². The highest BCUT2D eigenvalue weighted by molar-refractivity contribution is 7.92. The Balaban J connectivity index is 3.18. The Morgan fingerprint density at radius 2 is 1.93 bits per heavy atom. The molecule has 1 aromatic carbocycles. The Hall–Kier alpha value is -1.43. The van der Waals surface area contributed by atoms with Crippen LogP contribution < -0.4 is 9.62 Å². The van der Waals surface area contributed by atoms with Gasteiger partial charge >= 0.3 is 0 Å². The Morgan fingerprint density at radius 1 is 1.33 bits per heavy atom. The molecule has 0 atom stereocenters. The highest BCUT2D eigenvalue weighted by Gasteiger charge is 2.09. The maximum Gasteiger partial charge on any atom is 0.229 e. The summed E-state index contributed by atoms with van der Waals surface area (Å²) in [7, 11) is 0.228. The van der Waals surface area contributed by atoms with Gasteiger partial charge < -0.3 is 10.0 Å². The SMILES string of the molecule is CN(C)c1cc(O)ccc1NS(C)(=O)=O. The van der Waals surface area contributed by atoms with Crippen LogP contribution in [0.5, 0.6) is 5.75 Å². The molecule has 0 radical (unpaired) electrons. The van der Waals surface area contributed by atoms with E-state index in [0.29, 0.717) is 11.4 Å². The number of benzene rings is 1. The Morgan fingerprint density at radius 3 is 2.40 bits per heavy atom. The maximum atomic E-state index is 11.1. The van der Waals surface area contributed by atoms with Crippen LogP contribution >= 0.6 is 0 Å². The second kappa shape index (κ2) is 3.98. The number of sulfonamides is 1. The summed E-state index contributed by atoms with van der Waals surface area (Å²) in [5.41, 5.74) is 1.06. The average Bonchev–Trinajstić information content (AvgIpc) is 2.05. The summed E-state index contributed by atoms with van der Waals surface area (Å²) in [4.78, 5) is 1.72. The quantitative estimate of drug-likeness (QED) is 0.755. The molecule has 0 bridgehead atoms. The lowest BCUT2D eigenvalue weighted by Gasteiger charge is -2.17. The molecule has 0 fully saturated rings. The van der Waals surface area contributed by atoms with Gasteiger partial charge in [-0.15, -0.1) is 0 Å². The molecule has 0 amide bonds. The van der Waals surface area contributed by atoms with Gasteiger partial charge in [0.15, 0.2) is 0 Å². The van der Waals surface area contributed by atoms with E-state index in [0.717, 1.165) is 6.26 Å². The summed E-state index contributed by atoms with van der Waals surface area (Å²) in [5.74, 6) is 0.0951. The maximum absolute atomic E-state index is 11.1. The Bertz CT molecular complexity index is 454. The lowest BCUT2D eigenvalue weighted by Crippen LogP contribution is -2.15. The molecule has 0 heterocycles. The van der Waals surface area contributed by atoms with Crippen LogP contribution in [0.25, 0.3) is 0 Å². The Labute approximate surface area is 89.4 Å². The standard InChI is InChI=1S/C9H14N2O3S/c1-11(2)9-6-7(12)4-5-8(9)10-15(3,13)14/h4-6,10,12H,1-3H3. The van der Waals surface area contributed by atoms with E-state index in [1.807, 2.05) is 0 Å². The van der Waals surface area contributed by atoms with Crippen LogP contribution in [0.4, 0.5) is 11.4 Å². The number of rotatable bonds is 3. The number of anilines is 2. The van der Waals surface area contributed by atoms with Gasteiger partial charge in [0.2, 0.25) is 10.0 Å². The van der Waals surface area contributed by atoms with Crippen molar-refractivity contribution in [3.8, 4) is 5.75 Å². The molecule has 0 aliphatic rings. The van der Waals surface area contributed by atoms with Crippen molar-refractivity contribution in [1.82, 2.24) is 0 Å². The topological polar surface area (TPSA) is 69.6 Å². The van der Waals surface area contributed by atoms with Gasteiger partial charge in [-0.3, -0.25) is 4.72 Å². The second-order valence-corrected chi connectivity index (χ2v) is 5.22. The van der Waals surface area contributed by atoms with Crippen molar-refractivity contribution in [1.29, 1.82) is 0 Å². The third-order valence-electron chi connectivity index (χ3n) is 1.76. The van der Waals surface area contributed by atoms with Gasteiger partial charge in [0, 0.05) is 20.2 Å². The molecule has 0 aromatic heterocycles. The first-order valence-corrected chi connectivity index (χ1v) is 6.17. The van der Waals surface area contributed by atoms with Crippen LogP contribution in [0.2, 0.25) is 0 Å². The van der Waals surface area contributed by atoms with Gasteiger partial charge in [-0.1, -0.05) is 0 Å². The first kappa shape index (κ1) is 11.6. The number of hydrogen-bond donors (Lipinski definition) is 2. The van der Waals surface area contributed by atoms with Gasteiger partial charge in [-0.25, -0.2) is 8.42 Å². The van der Waals surface area contributed by atoms with Gasteiger partial charge in [0.25, 0.3) is 0 Å². The van der Waals surface area contributed by atoms with E-state index in [9.17, 15) is 13.5 Å². The minimum Gasteiger partial charge on any atom is -0.508 e. The highest BCUT2D eigenvalue weighted by atomic mass is 32.2. The largest absolute Gasteiger partial charge is 0.508 e. The molecule has 2 N–H and O–H groups in total. The van der Waals surface area contributed by atoms with Crippen LogP contribution in [0, 0.1) is 0 Å². The number of phenols is 1. The Kier molecular flexibility index (Phi) is 3.09. The van der Waals surface area contributed by atoms with E-state index in [1.165, 1.54) is 18.2 Å². The zero-order valence-electron chi connectivity index (χ0n) is 8.85. The van der Waals surface area contributed by atoms with Crippen LogP contribution in [-0.4, -0.2) is 33.9 Å². The number of aromatic hydroxyl groups is 1. The molecule has 0 unspecified atom stereocenters. The summed E-state index contributed by atoms with van der Waals surface area (Å²) in [6, 6.07) is 4.44. The molecule has 0 saturated carbocycles. The number of phenolic OH excluding ortho intramolecular Hbond substituents is 1. The number of nitrogens with one attached hydrogen (secondary N) is 1. The predicted octanol–water partition coefficient (Wildman–Crippen LogP) is 0.830. The first-order chi connectivity index (χ1) is 6.79. The van der Waals surface area contributed by atoms with Crippen molar-refractivity contribution in [3.63, 3.8) is 0 Å². The summed E-state index contributed by atoms with van der Waals surface area (Å²) >= 11 is 0. The smallest absolute Gasteiger partial charge is 0.229 e. The molecule has 5 nitrogen and oxygen atoms in total. The lowest BCUT2D eigenvalue weighted by atomic mass is 10.2. The fourth-order valence-corrected chi connectivity index (χ4v) is 1.75. The van der Waals surface area contributed by atoms with Gasteiger partial charge in [-0.05, 0) is 12.1 Å². The molecule has 84 valence electrons. The summed E-state index contributed by atoms with van der Waals surface area (Å²) in [6.07, 6.45) is 1.08. The van der Waals surface area contributed by atoms with E-state index < -0.39 is 10.0 Å². The van der Waals surface area contributed by atoms with E-state index in [-0.39, 0.29) is 5.75 Å². The lowest BCUT2D eigenvalue weighted by molar-refractivity contribution is 0.475. The van der Waals surface area contributed by atoms with E-state index in [1.54, 1.807) is 19.0 Å². The fourth-order valence-electron chi connectivity index (χ4n) is 1.18. The van der Waals surface area contributed by atoms with E-state index >= 15 is 0 Å². The fraction of sp³-hybridized carbons (Fsp3) is 0.333. The monoisotopic (exact) mass is 230 g/mol. The zero-order valence-corrected chi connectivity index (χ0v) is 9.67. The van der Waals surface area contributed by atoms with Gasteiger partial charge in [0.05, 0.1) is 17.6 Å². The molecule has 1 rings (SSSR count). The summed E-state index contributed by atoms with van der Waals surface area (Å²) in [5, 5.41) is 9.28. The zero-order chi connectivity index (χ0) is 11.6. The minimum absolute atomic E-state index is 0.0951. The van der Waals surface area contributed by atoms with Gasteiger partial charge in [-0.2, -0.15) is 0 Å². The van der Waals surface area contributed by atoms with Crippen molar-refractivity contribution >= 4 is 21.4 Å². The van der Waals surface area contributed by atoms with Crippen LogP contribution in [0.15, 0.2) is 18.2 Å². The number of hydrogen-bond acceptors (Lipinski definition) is 4.